The van der Waals surface area contributed by atoms with Crippen molar-refractivity contribution in [3.63, 3.8) is 0 Å². The first kappa shape index (κ1) is 15.0. The van der Waals surface area contributed by atoms with E-state index in [9.17, 15) is 8.42 Å². The van der Waals surface area contributed by atoms with E-state index in [1.165, 1.54) is 11.3 Å². The highest BCUT2D eigenvalue weighted by Crippen LogP contribution is 2.32. The van der Waals surface area contributed by atoms with Crippen LogP contribution in [0.3, 0.4) is 0 Å². The minimum atomic E-state index is -3.28. The molecule has 0 N–H and O–H groups in total. The lowest BCUT2D eigenvalue weighted by atomic mass is 9.96. The van der Waals surface area contributed by atoms with E-state index in [1.807, 2.05) is 0 Å². The maximum Gasteiger partial charge on any atom is 0.252 e. The fraction of sp³-hybridized carbons (Fsp3) is 0.636. The van der Waals surface area contributed by atoms with E-state index in [4.69, 9.17) is 0 Å². The molecule has 0 aliphatic carbocycles. The van der Waals surface area contributed by atoms with Gasteiger partial charge in [-0.25, -0.2) is 8.42 Å². The zero-order chi connectivity index (χ0) is 13.3. The van der Waals surface area contributed by atoms with E-state index in [1.54, 1.807) is 16.4 Å². The normalized spacial score (nSPS) is 21.1. The molecule has 102 valence electrons. The van der Waals surface area contributed by atoms with Crippen LogP contribution in [0.25, 0.3) is 0 Å². The zero-order valence-corrected chi connectivity index (χ0v) is 14.8. The van der Waals surface area contributed by atoms with Crippen molar-refractivity contribution in [2.24, 2.45) is 5.92 Å². The first-order chi connectivity index (χ1) is 8.41. The summed E-state index contributed by atoms with van der Waals surface area (Å²) >= 11 is 8.16. The Kier molecular flexibility index (Phi) is 4.91. The number of piperidine rings is 1. The van der Waals surface area contributed by atoms with Crippen molar-refractivity contribution in [1.29, 1.82) is 0 Å². The van der Waals surface area contributed by atoms with Gasteiger partial charge in [-0.15, -0.1) is 11.3 Å². The second-order valence-corrected chi connectivity index (χ2v) is 10.5. The molecule has 7 heteroatoms. The largest absolute Gasteiger partial charge is 0.252 e. The molecule has 3 nitrogen and oxygen atoms in total. The predicted molar refractivity (Wildman–Crippen MR) is 81.9 cm³/mol. The van der Waals surface area contributed by atoms with Gasteiger partial charge in [0.1, 0.15) is 4.21 Å². The summed E-state index contributed by atoms with van der Waals surface area (Å²) in [7, 11) is -3.28. The minimum Gasteiger partial charge on any atom is -0.206 e. The van der Waals surface area contributed by atoms with Crippen molar-refractivity contribution in [3.8, 4) is 0 Å². The molecule has 0 saturated carbocycles. The van der Waals surface area contributed by atoms with E-state index >= 15 is 0 Å². The molecule has 2 heterocycles. The molecule has 1 unspecified atom stereocenters. The third kappa shape index (κ3) is 3.17. The van der Waals surface area contributed by atoms with Gasteiger partial charge in [0.2, 0.25) is 0 Å². The fourth-order valence-corrected chi connectivity index (χ4v) is 6.30. The van der Waals surface area contributed by atoms with E-state index in [0.717, 1.165) is 16.6 Å². The second kappa shape index (κ2) is 5.91. The Hall–Kier alpha value is 0.570. The van der Waals surface area contributed by atoms with E-state index in [-0.39, 0.29) is 0 Å². The summed E-state index contributed by atoms with van der Waals surface area (Å²) in [6.45, 7) is 3.38. The topological polar surface area (TPSA) is 37.4 Å². The van der Waals surface area contributed by atoms with Gasteiger partial charge in [0, 0.05) is 17.9 Å². The third-order valence-electron chi connectivity index (χ3n) is 3.29. The lowest BCUT2D eigenvalue weighted by Crippen LogP contribution is -2.39. The first-order valence-corrected chi connectivity index (χ1v) is 9.77. The first-order valence-electron chi connectivity index (χ1n) is 5.81. The van der Waals surface area contributed by atoms with Crippen LogP contribution in [0.4, 0.5) is 0 Å². The van der Waals surface area contributed by atoms with Crippen LogP contribution in [-0.4, -0.2) is 30.6 Å². The molecular weight excluding hydrogens is 402 g/mol. The smallest absolute Gasteiger partial charge is 0.206 e. The molecule has 0 radical (unpaired) electrons. The quantitative estimate of drug-likeness (QED) is 0.704. The van der Waals surface area contributed by atoms with Crippen molar-refractivity contribution in [2.75, 3.05) is 13.1 Å². The van der Waals surface area contributed by atoms with Gasteiger partial charge in [0.05, 0.1) is 3.79 Å². The number of alkyl halides is 1. The Labute approximate surface area is 129 Å². The molecule has 1 saturated heterocycles. The lowest BCUT2D eigenvalue weighted by Gasteiger charge is -2.32. The summed E-state index contributed by atoms with van der Waals surface area (Å²) in [5, 5.41) is 0. The monoisotopic (exact) mass is 415 g/mol. The van der Waals surface area contributed by atoms with Crippen LogP contribution in [0, 0.1) is 5.92 Å². The molecule has 0 aromatic carbocycles. The molecule has 1 atom stereocenters. The zero-order valence-electron chi connectivity index (χ0n) is 9.97. The highest BCUT2D eigenvalue weighted by Gasteiger charge is 2.31. The number of halogens is 2. The average molecular weight is 417 g/mol. The second-order valence-electron chi connectivity index (χ2n) is 4.48. The van der Waals surface area contributed by atoms with Crippen LogP contribution in [0.15, 0.2) is 20.1 Å². The van der Waals surface area contributed by atoms with Crippen LogP contribution in [0.5, 0.6) is 0 Å². The van der Waals surface area contributed by atoms with Crippen LogP contribution in [-0.2, 0) is 10.0 Å². The number of rotatable bonds is 3. The van der Waals surface area contributed by atoms with Gasteiger partial charge in [0.25, 0.3) is 10.0 Å². The van der Waals surface area contributed by atoms with Gasteiger partial charge in [-0.05, 0) is 46.8 Å². The molecule has 0 amide bonds. The molecule has 1 aliphatic rings. The van der Waals surface area contributed by atoms with Gasteiger partial charge >= 0.3 is 0 Å². The third-order valence-corrected chi connectivity index (χ3v) is 8.03. The van der Waals surface area contributed by atoms with Crippen LogP contribution in [0.2, 0.25) is 0 Å². The summed E-state index contributed by atoms with van der Waals surface area (Å²) in [6.07, 6.45) is 1.86. The molecule has 1 aliphatic heterocycles. The van der Waals surface area contributed by atoms with E-state index in [0.29, 0.717) is 28.0 Å². The highest BCUT2D eigenvalue weighted by molar-refractivity contribution is 9.11. The Morgan fingerprint density at radius 3 is 2.44 bits per heavy atom. The summed E-state index contributed by atoms with van der Waals surface area (Å²) in [4.78, 5) is 0.457. The Balaban J connectivity index is 2.09. The Morgan fingerprint density at radius 1 is 1.39 bits per heavy atom. The van der Waals surface area contributed by atoms with Gasteiger partial charge in [0.15, 0.2) is 0 Å². The van der Waals surface area contributed by atoms with Crippen LogP contribution < -0.4 is 0 Å². The molecule has 0 bridgehead atoms. The van der Waals surface area contributed by atoms with Crippen LogP contribution in [0.1, 0.15) is 19.8 Å². The number of thiophene rings is 1. The minimum absolute atomic E-state index is 0.430. The van der Waals surface area contributed by atoms with Gasteiger partial charge in [-0.1, -0.05) is 22.9 Å². The van der Waals surface area contributed by atoms with Crippen molar-refractivity contribution in [1.82, 2.24) is 4.31 Å². The summed E-state index contributed by atoms with van der Waals surface area (Å²) in [5.74, 6) is 0.575. The highest BCUT2D eigenvalue weighted by atomic mass is 79.9. The number of hydrogen-bond donors (Lipinski definition) is 0. The van der Waals surface area contributed by atoms with Gasteiger partial charge < -0.3 is 0 Å². The standard InChI is InChI=1S/C11H15Br2NO2S2/c1-8(12)9-4-6-14(7-5-9)18(15,16)11-3-2-10(13)17-11/h2-3,8-9H,4-7H2,1H3. The number of hydrogen-bond acceptors (Lipinski definition) is 3. The maximum atomic E-state index is 12.4. The average Bonchev–Trinajstić information content (AvgIpc) is 2.76. The molecule has 0 spiro atoms. The van der Waals surface area contributed by atoms with Crippen molar-refractivity contribution in [3.05, 3.63) is 15.9 Å². The van der Waals surface area contributed by atoms with Crippen molar-refractivity contribution < 1.29 is 8.42 Å². The van der Waals surface area contributed by atoms with Crippen LogP contribution >= 0.6 is 43.2 Å². The summed E-state index contributed by atoms with van der Waals surface area (Å²) in [5.41, 5.74) is 0. The SMILES string of the molecule is CC(Br)C1CCN(S(=O)(=O)c2ccc(Br)s2)CC1. The molecule has 1 aromatic heterocycles. The lowest BCUT2D eigenvalue weighted by molar-refractivity contribution is 0.275. The number of sulfonamides is 1. The number of nitrogens with zero attached hydrogens (tertiary/aromatic N) is 1. The Bertz CT molecular complexity index is 505. The van der Waals surface area contributed by atoms with Crippen molar-refractivity contribution >= 4 is 53.2 Å². The molecular formula is C11H15Br2NO2S2. The fourth-order valence-electron chi connectivity index (χ4n) is 2.14. The molecule has 18 heavy (non-hydrogen) atoms. The summed E-state index contributed by atoms with van der Waals surface area (Å²) in [6, 6.07) is 3.45. The van der Waals surface area contributed by atoms with Gasteiger partial charge in [-0.2, -0.15) is 4.31 Å². The predicted octanol–water partition coefficient (Wildman–Crippen LogP) is 3.69. The molecule has 1 aromatic rings. The summed E-state index contributed by atoms with van der Waals surface area (Å²) < 4.78 is 27.7. The molecule has 1 fully saturated rings. The van der Waals surface area contributed by atoms with E-state index < -0.39 is 10.0 Å². The Morgan fingerprint density at radius 2 is 2.00 bits per heavy atom. The maximum absolute atomic E-state index is 12.4. The van der Waals surface area contributed by atoms with E-state index in [2.05, 4.69) is 38.8 Å². The van der Waals surface area contributed by atoms with Gasteiger partial charge in [-0.3, -0.25) is 0 Å². The van der Waals surface area contributed by atoms with Crippen molar-refractivity contribution in [2.45, 2.75) is 28.8 Å². The molecule has 2 rings (SSSR count).